The maximum Gasteiger partial charge on any atom is 0.107 e. The molecule has 134 valence electrons. The van der Waals surface area contributed by atoms with Crippen LogP contribution in [0.3, 0.4) is 0 Å². The van der Waals surface area contributed by atoms with E-state index in [2.05, 4.69) is 84.5 Å². The molecule has 0 aliphatic rings. The van der Waals surface area contributed by atoms with Crippen LogP contribution >= 0.6 is 0 Å². The third kappa shape index (κ3) is 4.40. The molecule has 0 aromatic heterocycles. The molecule has 0 spiro atoms. The Morgan fingerprint density at radius 2 is 1.56 bits per heavy atom. The van der Waals surface area contributed by atoms with Gasteiger partial charge in [-0.25, -0.2) is 0 Å². The van der Waals surface area contributed by atoms with Crippen molar-refractivity contribution in [1.82, 2.24) is 4.90 Å². The van der Waals surface area contributed by atoms with E-state index in [1.165, 1.54) is 5.56 Å². The lowest BCUT2D eigenvalue weighted by atomic mass is 9.83. The van der Waals surface area contributed by atoms with Crippen LogP contribution in [0.4, 0.5) is 5.69 Å². The molecule has 0 bridgehead atoms. The molecule has 0 aliphatic heterocycles. The van der Waals surface area contributed by atoms with Crippen LogP contribution < -0.4 is 4.90 Å². The highest BCUT2D eigenvalue weighted by Gasteiger charge is 2.35. The van der Waals surface area contributed by atoms with Crippen LogP contribution in [-0.4, -0.2) is 51.5 Å². The number of hydrogen-bond donors (Lipinski definition) is 0. The summed E-state index contributed by atoms with van der Waals surface area (Å²) in [5.74, 6) is 0. The number of rotatable bonds is 7. The van der Waals surface area contributed by atoms with Crippen molar-refractivity contribution < 1.29 is 4.84 Å². The lowest BCUT2D eigenvalue weighted by Gasteiger charge is -2.37. The zero-order chi connectivity index (χ0) is 18.4. The van der Waals surface area contributed by atoms with Crippen LogP contribution in [0.25, 0.3) is 0 Å². The van der Waals surface area contributed by atoms with Gasteiger partial charge in [-0.15, -0.1) is 0 Å². The summed E-state index contributed by atoms with van der Waals surface area (Å²) in [5.41, 5.74) is 4.13. The van der Waals surface area contributed by atoms with E-state index >= 15 is 0 Å². The van der Waals surface area contributed by atoms with Gasteiger partial charge in [0.1, 0.15) is 12.8 Å². The molecule has 1 atom stereocenters. The quantitative estimate of drug-likeness (QED) is 0.569. The first-order chi connectivity index (χ1) is 11.9. The number of oxime groups is 1. The molecule has 0 N–H and O–H groups in total. The molecule has 0 heterocycles. The van der Waals surface area contributed by atoms with Gasteiger partial charge in [0.25, 0.3) is 0 Å². The first-order valence-electron chi connectivity index (χ1n) is 8.49. The van der Waals surface area contributed by atoms with Crippen molar-refractivity contribution in [3.05, 3.63) is 65.7 Å². The fourth-order valence-corrected chi connectivity index (χ4v) is 2.92. The number of hydrogen-bond acceptors (Lipinski definition) is 4. The Labute approximate surface area is 151 Å². The zero-order valence-electron chi connectivity index (χ0n) is 16.2. The lowest BCUT2D eigenvalue weighted by Crippen LogP contribution is -2.50. The molecule has 0 saturated heterocycles. The summed E-state index contributed by atoms with van der Waals surface area (Å²) >= 11 is 0. The van der Waals surface area contributed by atoms with Crippen molar-refractivity contribution in [1.29, 1.82) is 0 Å². The number of nitrogens with zero attached hydrogens (tertiary/aromatic N) is 3. The van der Waals surface area contributed by atoms with E-state index in [1.54, 1.807) is 7.11 Å². The van der Waals surface area contributed by atoms with Crippen molar-refractivity contribution in [3.63, 3.8) is 0 Å². The van der Waals surface area contributed by atoms with Crippen molar-refractivity contribution >= 4 is 11.4 Å². The fourth-order valence-electron chi connectivity index (χ4n) is 2.92. The van der Waals surface area contributed by atoms with Gasteiger partial charge in [0.05, 0.1) is 5.54 Å². The molecular formula is C21H29N3O. The van der Waals surface area contributed by atoms with E-state index in [0.29, 0.717) is 0 Å². The third-order valence-electron chi connectivity index (χ3n) is 4.73. The van der Waals surface area contributed by atoms with Crippen molar-refractivity contribution in [2.24, 2.45) is 5.16 Å². The van der Waals surface area contributed by atoms with E-state index in [4.69, 9.17) is 4.84 Å². The number of benzene rings is 2. The summed E-state index contributed by atoms with van der Waals surface area (Å²) in [6, 6.07) is 18.9. The van der Waals surface area contributed by atoms with E-state index < -0.39 is 0 Å². The van der Waals surface area contributed by atoms with Gasteiger partial charge in [-0.2, -0.15) is 0 Å². The molecule has 4 heteroatoms. The normalized spacial score (nSPS) is 14.3. The van der Waals surface area contributed by atoms with Gasteiger partial charge in [0.15, 0.2) is 0 Å². The van der Waals surface area contributed by atoms with Crippen LogP contribution in [-0.2, 0) is 11.3 Å². The van der Waals surface area contributed by atoms with Gasteiger partial charge < -0.3 is 9.74 Å². The van der Waals surface area contributed by atoms with Crippen LogP contribution in [0.2, 0.25) is 0 Å². The van der Waals surface area contributed by atoms with Crippen molar-refractivity contribution in [3.8, 4) is 0 Å². The number of anilines is 1. The summed E-state index contributed by atoms with van der Waals surface area (Å²) in [7, 11) is 9.86. The lowest BCUT2D eigenvalue weighted by molar-refractivity contribution is 0.195. The highest BCUT2D eigenvalue weighted by molar-refractivity contribution is 6.07. The Balaban J connectivity index is 2.45. The minimum Gasteiger partial charge on any atom is -0.399 e. The zero-order valence-corrected chi connectivity index (χ0v) is 16.2. The topological polar surface area (TPSA) is 28.1 Å². The van der Waals surface area contributed by atoms with E-state index in [9.17, 15) is 0 Å². The summed E-state index contributed by atoms with van der Waals surface area (Å²) in [4.78, 5) is 9.52. The van der Waals surface area contributed by atoms with Gasteiger partial charge in [0, 0.05) is 25.3 Å². The molecule has 0 saturated carbocycles. The van der Waals surface area contributed by atoms with Gasteiger partial charge in [0.2, 0.25) is 0 Å². The van der Waals surface area contributed by atoms with Gasteiger partial charge in [-0.05, 0) is 45.1 Å². The third-order valence-corrected chi connectivity index (χ3v) is 4.73. The maximum atomic E-state index is 5.22. The summed E-state index contributed by atoms with van der Waals surface area (Å²) in [6.45, 7) is 2.21. The van der Waals surface area contributed by atoms with Crippen LogP contribution in [0.1, 0.15) is 18.1 Å². The standard InChI is InChI=1S/C21H29N3O/c1-21(24(4)5,16-17-10-8-7-9-11-17)20(22-25-6)18-12-14-19(15-13-18)23(2)3/h7-15H,16H2,1-6H3/b22-20-. The Hall–Kier alpha value is -2.33. The Morgan fingerprint density at radius 1 is 0.960 bits per heavy atom. The van der Waals surface area contributed by atoms with Crippen LogP contribution in [0.15, 0.2) is 59.8 Å². The molecular weight excluding hydrogens is 310 g/mol. The largest absolute Gasteiger partial charge is 0.399 e. The van der Waals surface area contributed by atoms with Gasteiger partial charge in [-0.3, -0.25) is 4.90 Å². The molecule has 1 unspecified atom stereocenters. The van der Waals surface area contributed by atoms with Crippen LogP contribution in [0, 0.1) is 0 Å². The molecule has 2 rings (SSSR count). The first kappa shape index (κ1) is 19.0. The van der Waals surface area contributed by atoms with Crippen molar-refractivity contribution in [2.45, 2.75) is 18.9 Å². The molecule has 2 aromatic carbocycles. The van der Waals surface area contributed by atoms with Crippen LogP contribution in [0.5, 0.6) is 0 Å². The predicted octanol–water partition coefficient (Wildman–Crippen LogP) is 3.67. The molecule has 0 radical (unpaired) electrons. The minimum atomic E-state index is -0.295. The second-order valence-electron chi connectivity index (χ2n) is 6.89. The van der Waals surface area contributed by atoms with E-state index in [1.807, 2.05) is 20.2 Å². The fraction of sp³-hybridized carbons (Fsp3) is 0.381. The average Bonchev–Trinajstić information content (AvgIpc) is 2.60. The van der Waals surface area contributed by atoms with E-state index in [-0.39, 0.29) is 5.54 Å². The van der Waals surface area contributed by atoms with Gasteiger partial charge in [-0.1, -0.05) is 47.6 Å². The Bertz CT molecular complexity index is 693. The van der Waals surface area contributed by atoms with Crippen molar-refractivity contribution in [2.75, 3.05) is 40.2 Å². The highest BCUT2D eigenvalue weighted by Crippen LogP contribution is 2.26. The maximum absolute atomic E-state index is 5.22. The summed E-state index contributed by atoms with van der Waals surface area (Å²) in [5, 5.41) is 4.42. The number of likely N-dealkylation sites (N-methyl/N-ethyl adjacent to an activating group) is 1. The summed E-state index contributed by atoms with van der Waals surface area (Å²) < 4.78 is 0. The molecule has 0 amide bonds. The monoisotopic (exact) mass is 339 g/mol. The minimum absolute atomic E-state index is 0.295. The average molecular weight is 339 g/mol. The van der Waals surface area contributed by atoms with Gasteiger partial charge >= 0.3 is 0 Å². The summed E-state index contributed by atoms with van der Waals surface area (Å²) in [6.07, 6.45) is 0.846. The smallest absolute Gasteiger partial charge is 0.107 e. The molecule has 2 aromatic rings. The second-order valence-corrected chi connectivity index (χ2v) is 6.89. The molecule has 0 aliphatic carbocycles. The second kappa shape index (κ2) is 8.17. The first-order valence-corrected chi connectivity index (χ1v) is 8.49. The Kier molecular flexibility index (Phi) is 6.21. The SMILES string of the molecule is CO/N=C(/c1ccc(N(C)C)cc1)C(C)(Cc1ccccc1)N(C)C. The molecule has 4 nitrogen and oxygen atoms in total. The Morgan fingerprint density at radius 3 is 2.04 bits per heavy atom. The highest BCUT2D eigenvalue weighted by atomic mass is 16.6. The predicted molar refractivity (Wildman–Crippen MR) is 107 cm³/mol. The molecule has 0 fully saturated rings. The van der Waals surface area contributed by atoms with E-state index in [0.717, 1.165) is 23.4 Å². The molecule has 25 heavy (non-hydrogen) atoms.